The van der Waals surface area contributed by atoms with E-state index in [1.54, 1.807) is 6.33 Å². The van der Waals surface area contributed by atoms with Crippen LogP contribution < -0.4 is 5.73 Å². The summed E-state index contributed by atoms with van der Waals surface area (Å²) in [5.74, 6) is 1.75. The number of aromatic nitrogens is 3. The maximum Gasteiger partial charge on any atom is 0.138 e. The lowest BCUT2D eigenvalue weighted by Crippen LogP contribution is -2.37. The SMILES string of the molecule is CCn1ncnc1CC(N)C1CCC1. The zero-order valence-electron chi connectivity index (χ0n) is 8.69. The standard InChI is InChI=1S/C10H18N4/c1-2-14-10(12-7-13-14)6-9(11)8-4-3-5-8/h7-9H,2-6,11H2,1H3. The van der Waals surface area contributed by atoms with E-state index in [-0.39, 0.29) is 6.04 Å². The van der Waals surface area contributed by atoms with Crippen LogP contribution in [-0.4, -0.2) is 20.8 Å². The number of aryl methyl sites for hydroxylation is 1. The molecule has 78 valence electrons. The number of hydrogen-bond acceptors (Lipinski definition) is 3. The first-order valence-electron chi connectivity index (χ1n) is 5.43. The highest BCUT2D eigenvalue weighted by Gasteiger charge is 2.25. The molecule has 1 aliphatic carbocycles. The summed E-state index contributed by atoms with van der Waals surface area (Å²) in [6, 6.07) is 0.276. The topological polar surface area (TPSA) is 56.7 Å². The van der Waals surface area contributed by atoms with E-state index in [1.807, 2.05) is 4.68 Å². The van der Waals surface area contributed by atoms with E-state index in [0.29, 0.717) is 0 Å². The van der Waals surface area contributed by atoms with Crippen LogP contribution in [0.15, 0.2) is 6.33 Å². The van der Waals surface area contributed by atoms with Crippen molar-refractivity contribution in [2.24, 2.45) is 11.7 Å². The average Bonchev–Trinajstić information content (AvgIpc) is 2.48. The van der Waals surface area contributed by atoms with Gasteiger partial charge in [-0.15, -0.1) is 0 Å². The lowest BCUT2D eigenvalue weighted by atomic mass is 9.79. The number of hydrogen-bond donors (Lipinski definition) is 1. The maximum absolute atomic E-state index is 6.11. The molecular formula is C10H18N4. The quantitative estimate of drug-likeness (QED) is 0.777. The Bertz CT molecular complexity index is 290. The molecule has 0 saturated heterocycles. The zero-order valence-corrected chi connectivity index (χ0v) is 8.69. The van der Waals surface area contributed by atoms with Crippen LogP contribution in [0.2, 0.25) is 0 Å². The van der Waals surface area contributed by atoms with Gasteiger partial charge in [-0.3, -0.25) is 4.68 Å². The van der Waals surface area contributed by atoms with Crippen LogP contribution in [0, 0.1) is 5.92 Å². The second-order valence-electron chi connectivity index (χ2n) is 4.05. The van der Waals surface area contributed by atoms with Crippen molar-refractivity contribution in [2.45, 2.75) is 45.2 Å². The highest BCUT2D eigenvalue weighted by Crippen LogP contribution is 2.29. The van der Waals surface area contributed by atoms with Gasteiger partial charge in [0.25, 0.3) is 0 Å². The van der Waals surface area contributed by atoms with Crippen LogP contribution in [0.25, 0.3) is 0 Å². The molecule has 0 spiro atoms. The smallest absolute Gasteiger partial charge is 0.138 e. The maximum atomic E-state index is 6.11. The summed E-state index contributed by atoms with van der Waals surface area (Å²) in [5, 5.41) is 4.14. The van der Waals surface area contributed by atoms with Crippen LogP contribution in [0.4, 0.5) is 0 Å². The van der Waals surface area contributed by atoms with E-state index in [2.05, 4.69) is 17.0 Å². The van der Waals surface area contributed by atoms with E-state index in [1.165, 1.54) is 19.3 Å². The fourth-order valence-corrected chi connectivity index (χ4v) is 1.96. The second-order valence-corrected chi connectivity index (χ2v) is 4.05. The Hall–Kier alpha value is -0.900. The molecule has 2 N–H and O–H groups in total. The number of nitrogens with two attached hydrogens (primary N) is 1. The fourth-order valence-electron chi connectivity index (χ4n) is 1.96. The van der Waals surface area contributed by atoms with Gasteiger partial charge in [0, 0.05) is 19.0 Å². The van der Waals surface area contributed by atoms with Gasteiger partial charge in [-0.1, -0.05) is 6.42 Å². The Labute approximate surface area is 84.5 Å². The van der Waals surface area contributed by atoms with Crippen molar-refractivity contribution in [3.63, 3.8) is 0 Å². The Morgan fingerprint density at radius 3 is 3.00 bits per heavy atom. The minimum atomic E-state index is 0.276. The number of rotatable bonds is 4. The molecule has 1 atom stereocenters. The molecule has 4 heteroatoms. The van der Waals surface area contributed by atoms with E-state index >= 15 is 0 Å². The summed E-state index contributed by atoms with van der Waals surface area (Å²) < 4.78 is 1.93. The number of nitrogens with zero attached hydrogens (tertiary/aromatic N) is 3. The van der Waals surface area contributed by atoms with E-state index < -0.39 is 0 Å². The van der Waals surface area contributed by atoms with Crippen molar-refractivity contribution in [3.8, 4) is 0 Å². The van der Waals surface area contributed by atoms with Crippen molar-refractivity contribution >= 4 is 0 Å². The van der Waals surface area contributed by atoms with Crippen molar-refractivity contribution < 1.29 is 0 Å². The molecule has 1 aromatic heterocycles. The predicted molar refractivity (Wildman–Crippen MR) is 54.7 cm³/mol. The van der Waals surface area contributed by atoms with Gasteiger partial charge in [-0.05, 0) is 25.7 Å². The average molecular weight is 194 g/mol. The third-order valence-electron chi connectivity index (χ3n) is 3.17. The lowest BCUT2D eigenvalue weighted by Gasteiger charge is -2.30. The Balaban J connectivity index is 1.95. The van der Waals surface area contributed by atoms with E-state index in [4.69, 9.17) is 5.73 Å². The minimum absolute atomic E-state index is 0.276. The highest BCUT2D eigenvalue weighted by atomic mass is 15.3. The van der Waals surface area contributed by atoms with Gasteiger partial charge >= 0.3 is 0 Å². The van der Waals surface area contributed by atoms with Crippen LogP contribution >= 0.6 is 0 Å². The summed E-state index contributed by atoms with van der Waals surface area (Å²) >= 11 is 0. The van der Waals surface area contributed by atoms with E-state index in [9.17, 15) is 0 Å². The third-order valence-corrected chi connectivity index (χ3v) is 3.17. The fraction of sp³-hybridized carbons (Fsp3) is 0.800. The first-order chi connectivity index (χ1) is 6.81. The first kappa shape index (κ1) is 9.65. The summed E-state index contributed by atoms with van der Waals surface area (Å²) in [5.41, 5.74) is 6.11. The predicted octanol–water partition coefficient (Wildman–Crippen LogP) is 0.968. The van der Waals surface area contributed by atoms with Gasteiger partial charge in [-0.25, -0.2) is 4.98 Å². The van der Waals surface area contributed by atoms with Crippen LogP contribution in [0.3, 0.4) is 0 Å². The van der Waals surface area contributed by atoms with Gasteiger partial charge in [0.05, 0.1) is 0 Å². The van der Waals surface area contributed by atoms with Crippen molar-refractivity contribution in [2.75, 3.05) is 0 Å². The van der Waals surface area contributed by atoms with Crippen molar-refractivity contribution in [1.82, 2.24) is 14.8 Å². The van der Waals surface area contributed by atoms with Crippen molar-refractivity contribution in [3.05, 3.63) is 12.2 Å². The normalized spacial score (nSPS) is 19.3. The summed E-state index contributed by atoms with van der Waals surface area (Å²) in [4.78, 5) is 4.24. The first-order valence-corrected chi connectivity index (χ1v) is 5.43. The molecule has 0 aliphatic heterocycles. The highest BCUT2D eigenvalue weighted by molar-refractivity contribution is 4.92. The molecule has 1 fully saturated rings. The molecule has 14 heavy (non-hydrogen) atoms. The van der Waals surface area contributed by atoms with Crippen LogP contribution in [0.1, 0.15) is 32.0 Å². The largest absolute Gasteiger partial charge is 0.327 e. The molecule has 1 saturated carbocycles. The Morgan fingerprint density at radius 2 is 2.43 bits per heavy atom. The summed E-state index contributed by atoms with van der Waals surface area (Å²) in [7, 11) is 0. The lowest BCUT2D eigenvalue weighted by molar-refractivity contribution is 0.257. The van der Waals surface area contributed by atoms with Gasteiger partial charge in [0.2, 0.25) is 0 Å². The Morgan fingerprint density at radius 1 is 1.64 bits per heavy atom. The molecule has 0 aromatic carbocycles. The summed E-state index contributed by atoms with van der Waals surface area (Å²) in [6.45, 7) is 2.96. The van der Waals surface area contributed by atoms with E-state index in [0.717, 1.165) is 24.7 Å². The molecule has 1 aliphatic rings. The monoisotopic (exact) mass is 194 g/mol. The van der Waals surface area contributed by atoms with Gasteiger partial charge in [-0.2, -0.15) is 5.10 Å². The second kappa shape index (κ2) is 4.09. The molecule has 2 rings (SSSR count). The molecular weight excluding hydrogens is 176 g/mol. The molecule has 0 bridgehead atoms. The molecule has 1 unspecified atom stereocenters. The molecule has 1 heterocycles. The van der Waals surface area contributed by atoms with Gasteiger partial charge in [0.1, 0.15) is 12.2 Å². The molecule has 0 radical (unpaired) electrons. The van der Waals surface area contributed by atoms with Gasteiger partial charge < -0.3 is 5.73 Å². The minimum Gasteiger partial charge on any atom is -0.327 e. The molecule has 4 nitrogen and oxygen atoms in total. The van der Waals surface area contributed by atoms with Crippen LogP contribution in [-0.2, 0) is 13.0 Å². The van der Waals surface area contributed by atoms with Crippen molar-refractivity contribution in [1.29, 1.82) is 0 Å². The molecule has 0 amide bonds. The molecule has 1 aromatic rings. The summed E-state index contributed by atoms with van der Waals surface area (Å²) in [6.07, 6.45) is 6.42. The Kier molecular flexibility index (Phi) is 2.82. The van der Waals surface area contributed by atoms with Crippen LogP contribution in [0.5, 0.6) is 0 Å². The van der Waals surface area contributed by atoms with Gasteiger partial charge in [0.15, 0.2) is 0 Å². The zero-order chi connectivity index (χ0) is 9.97. The third kappa shape index (κ3) is 1.80.